The average molecular weight is 474 g/mol. The smallest absolute Gasteiger partial charge is 0.144 e. The molecule has 3 aromatic carbocycles. The molecule has 0 fully saturated rings. The molecule has 1 unspecified atom stereocenters. The van der Waals surface area contributed by atoms with Gasteiger partial charge in [-0.2, -0.15) is 0 Å². The van der Waals surface area contributed by atoms with Crippen molar-refractivity contribution < 1.29 is 9.29 Å². The van der Waals surface area contributed by atoms with Crippen molar-refractivity contribution in [2.24, 2.45) is 4.40 Å². The molecule has 0 aliphatic heterocycles. The second-order valence-electron chi connectivity index (χ2n) is 8.84. The molecule has 3 nitrogen and oxygen atoms in total. The summed E-state index contributed by atoms with van der Waals surface area (Å²) in [5.41, 5.74) is 3.89. The molecule has 0 N–H and O–H groups in total. The molecule has 0 radical (unpaired) electrons. The summed E-state index contributed by atoms with van der Waals surface area (Å²) < 4.78 is 24.6. The van der Waals surface area contributed by atoms with Crippen molar-refractivity contribution in [3.63, 3.8) is 0 Å². The highest BCUT2D eigenvalue weighted by Crippen LogP contribution is 2.35. The summed E-state index contributed by atoms with van der Waals surface area (Å²) in [5, 5.41) is 2.35. The highest BCUT2D eigenvalue weighted by atomic mass is 32.2. The number of benzene rings is 3. The van der Waals surface area contributed by atoms with Crippen LogP contribution in [0.1, 0.15) is 44.4 Å². The molecule has 168 valence electrons. The summed E-state index contributed by atoms with van der Waals surface area (Å²) in [7, 11) is 0. The van der Waals surface area contributed by atoms with E-state index in [9.17, 15) is 4.55 Å². The van der Waals surface area contributed by atoms with Gasteiger partial charge in [0.25, 0.3) is 0 Å². The van der Waals surface area contributed by atoms with Crippen molar-refractivity contribution in [1.29, 1.82) is 0 Å². The van der Waals surface area contributed by atoms with E-state index in [-0.39, 0.29) is 4.75 Å². The Morgan fingerprint density at radius 2 is 1.70 bits per heavy atom. The SMILES string of the molecule is CC(=N[S+]([O-])C(C)(C)C)c1ccc2sc3ccc(C#CCOCc4ccccc4)cc3c2c1. The third-order valence-electron chi connectivity index (χ3n) is 5.15. The summed E-state index contributed by atoms with van der Waals surface area (Å²) in [4.78, 5) is 0. The minimum absolute atomic E-state index is 0.376. The van der Waals surface area contributed by atoms with Gasteiger partial charge in [0.15, 0.2) is 0 Å². The molecule has 4 rings (SSSR count). The van der Waals surface area contributed by atoms with Gasteiger partial charge in [-0.3, -0.25) is 0 Å². The van der Waals surface area contributed by atoms with Gasteiger partial charge in [-0.15, -0.1) is 11.3 Å². The van der Waals surface area contributed by atoms with Crippen LogP contribution < -0.4 is 0 Å². The molecule has 4 aromatic rings. The maximum absolute atomic E-state index is 12.4. The molecule has 0 saturated heterocycles. The zero-order chi connectivity index (χ0) is 23.4. The van der Waals surface area contributed by atoms with E-state index in [1.807, 2.05) is 58.0 Å². The standard InChI is InChI=1S/C28H27NO2S2/c1-20(29-33(30)28(2,3)4)23-13-15-27-25(18-23)24-17-21(12-14-26(24)32-27)11-8-16-31-19-22-9-6-5-7-10-22/h5-7,9-10,12-15,17-18H,16,19H2,1-4H3. The van der Waals surface area contributed by atoms with E-state index in [1.54, 1.807) is 11.3 Å². The molecule has 0 amide bonds. The topological polar surface area (TPSA) is 44.7 Å². The summed E-state index contributed by atoms with van der Waals surface area (Å²) in [6.07, 6.45) is 0. The van der Waals surface area contributed by atoms with Crippen LogP contribution in [0, 0.1) is 11.8 Å². The van der Waals surface area contributed by atoms with Crippen molar-refractivity contribution >= 4 is 48.6 Å². The number of hydrogen-bond donors (Lipinski definition) is 0. The van der Waals surface area contributed by atoms with E-state index < -0.39 is 11.4 Å². The van der Waals surface area contributed by atoms with Gasteiger partial charge in [-0.05, 0) is 63.6 Å². The molecule has 0 saturated carbocycles. The molecule has 0 bridgehead atoms. The van der Waals surface area contributed by atoms with Gasteiger partial charge in [-0.25, -0.2) is 0 Å². The van der Waals surface area contributed by atoms with Gasteiger partial charge in [0.2, 0.25) is 0 Å². The van der Waals surface area contributed by atoms with Gasteiger partial charge < -0.3 is 9.29 Å². The zero-order valence-corrected chi connectivity index (χ0v) is 21.0. The fourth-order valence-electron chi connectivity index (χ4n) is 3.33. The largest absolute Gasteiger partial charge is 0.591 e. The number of nitrogens with zero attached hydrogens (tertiary/aromatic N) is 1. The number of rotatable bonds is 5. The summed E-state index contributed by atoms with van der Waals surface area (Å²) >= 11 is 0.485. The Kier molecular flexibility index (Phi) is 7.21. The van der Waals surface area contributed by atoms with Crippen molar-refractivity contribution in [2.45, 2.75) is 39.0 Å². The number of ether oxygens (including phenoxy) is 1. The summed E-state index contributed by atoms with van der Waals surface area (Å²) in [6, 6.07) is 22.8. The summed E-state index contributed by atoms with van der Waals surface area (Å²) in [6.45, 7) is 8.68. The minimum Gasteiger partial charge on any atom is -0.591 e. The van der Waals surface area contributed by atoms with E-state index in [4.69, 9.17) is 4.74 Å². The van der Waals surface area contributed by atoms with Crippen LogP contribution in [0.25, 0.3) is 20.2 Å². The van der Waals surface area contributed by atoms with E-state index in [2.05, 4.69) is 52.6 Å². The number of thiophene rings is 1. The predicted molar refractivity (Wildman–Crippen MR) is 142 cm³/mol. The van der Waals surface area contributed by atoms with Gasteiger partial charge >= 0.3 is 0 Å². The molecule has 1 atom stereocenters. The molecule has 0 aliphatic rings. The highest BCUT2D eigenvalue weighted by molar-refractivity contribution is 7.91. The molecular weight excluding hydrogens is 446 g/mol. The average Bonchev–Trinajstić information content (AvgIpc) is 3.16. The third-order valence-corrected chi connectivity index (χ3v) is 7.79. The minimum atomic E-state index is -1.28. The quantitative estimate of drug-likeness (QED) is 0.137. The van der Waals surface area contributed by atoms with Crippen molar-refractivity contribution in [2.75, 3.05) is 6.61 Å². The van der Waals surface area contributed by atoms with Crippen LogP contribution in [0.4, 0.5) is 0 Å². The molecule has 5 heteroatoms. The van der Waals surface area contributed by atoms with Crippen LogP contribution >= 0.6 is 11.3 Å². The second kappa shape index (κ2) is 10.1. The Balaban J connectivity index is 1.55. The van der Waals surface area contributed by atoms with E-state index >= 15 is 0 Å². The molecule has 1 heterocycles. The Bertz CT molecular complexity index is 1360. The monoisotopic (exact) mass is 473 g/mol. The normalized spacial score (nSPS) is 13.2. The highest BCUT2D eigenvalue weighted by Gasteiger charge is 2.26. The lowest BCUT2D eigenvalue weighted by molar-refractivity contribution is 0.153. The van der Waals surface area contributed by atoms with Crippen molar-refractivity contribution in [3.8, 4) is 11.8 Å². The van der Waals surface area contributed by atoms with Gasteiger partial charge in [0.1, 0.15) is 22.7 Å². The second-order valence-corrected chi connectivity index (χ2v) is 11.8. The van der Waals surface area contributed by atoms with Gasteiger partial charge in [0.05, 0.1) is 12.3 Å². The molecule has 0 spiro atoms. The first-order chi connectivity index (χ1) is 15.8. The summed E-state index contributed by atoms with van der Waals surface area (Å²) in [5.74, 6) is 6.34. The number of fused-ring (bicyclic) bond motifs is 3. The molecule has 0 aliphatic carbocycles. The van der Waals surface area contributed by atoms with E-state index in [0.29, 0.717) is 13.2 Å². The maximum Gasteiger partial charge on any atom is 0.144 e. The van der Waals surface area contributed by atoms with Crippen molar-refractivity contribution in [1.82, 2.24) is 0 Å². The fraction of sp³-hybridized carbons (Fsp3) is 0.250. The first kappa shape index (κ1) is 23.5. The Labute approximate surface area is 202 Å². The van der Waals surface area contributed by atoms with Crippen LogP contribution in [0.5, 0.6) is 0 Å². The first-order valence-electron chi connectivity index (χ1n) is 10.9. The lowest BCUT2D eigenvalue weighted by Gasteiger charge is -2.18. The van der Waals surface area contributed by atoms with Crippen LogP contribution in [0.2, 0.25) is 0 Å². The fourth-order valence-corrected chi connectivity index (χ4v) is 5.02. The maximum atomic E-state index is 12.4. The van der Waals surface area contributed by atoms with Crippen LogP contribution in [0.15, 0.2) is 71.1 Å². The van der Waals surface area contributed by atoms with Crippen LogP contribution in [-0.4, -0.2) is 21.6 Å². The third kappa shape index (κ3) is 5.85. The Hall–Kier alpha value is -2.62. The molecule has 1 aromatic heterocycles. The molecule has 33 heavy (non-hydrogen) atoms. The lowest BCUT2D eigenvalue weighted by atomic mass is 10.1. The molecular formula is C28H27NO2S2. The number of hydrogen-bond acceptors (Lipinski definition) is 4. The Morgan fingerprint density at radius 1 is 1.00 bits per heavy atom. The zero-order valence-electron chi connectivity index (χ0n) is 19.3. The van der Waals surface area contributed by atoms with E-state index in [1.165, 1.54) is 20.2 Å². The first-order valence-corrected chi connectivity index (χ1v) is 12.8. The van der Waals surface area contributed by atoms with Crippen LogP contribution in [-0.2, 0) is 22.7 Å². The van der Waals surface area contributed by atoms with Crippen molar-refractivity contribution in [3.05, 3.63) is 83.4 Å². The van der Waals surface area contributed by atoms with Gasteiger partial charge in [0, 0.05) is 31.3 Å². The predicted octanol–water partition coefficient (Wildman–Crippen LogP) is 6.89. The van der Waals surface area contributed by atoms with Gasteiger partial charge in [-0.1, -0.05) is 52.6 Å². The lowest BCUT2D eigenvalue weighted by Crippen LogP contribution is -2.26. The Morgan fingerprint density at radius 3 is 2.42 bits per heavy atom. The van der Waals surface area contributed by atoms with E-state index in [0.717, 1.165) is 22.4 Å². The van der Waals surface area contributed by atoms with Crippen LogP contribution in [0.3, 0.4) is 0 Å².